The Morgan fingerprint density at radius 1 is 1.07 bits per heavy atom. The Bertz CT molecular complexity index is 1390. The quantitative estimate of drug-likeness (QED) is 0.526. The van der Waals surface area contributed by atoms with Crippen LogP contribution in [0.2, 0.25) is 5.02 Å². The molecule has 0 aromatic carbocycles. The highest BCUT2D eigenvalue weighted by atomic mass is 35.5. The van der Waals surface area contributed by atoms with Gasteiger partial charge < -0.3 is 19.4 Å². The monoisotopic (exact) mass is 600 g/mol. The van der Waals surface area contributed by atoms with Gasteiger partial charge in [-0.3, -0.25) is 14.6 Å². The normalized spacial score (nSPS) is 25.0. The number of amides is 2. The van der Waals surface area contributed by atoms with E-state index < -0.39 is 12.0 Å². The Hall–Kier alpha value is -3.37. The molecule has 2 saturated heterocycles. The van der Waals surface area contributed by atoms with Crippen molar-refractivity contribution in [2.24, 2.45) is 18.9 Å². The van der Waals surface area contributed by atoms with Crippen LogP contribution in [-0.2, 0) is 16.6 Å². The smallest absolute Gasteiger partial charge is 0.409 e. The number of carbonyl (C=O) groups excluding carboxylic acids is 2. The fraction of sp³-hybridized carbons (Fsp3) is 0.483. The number of anilines is 1. The second-order valence-corrected chi connectivity index (χ2v) is 11.6. The Morgan fingerprint density at radius 2 is 1.90 bits per heavy atom. The molecule has 10 nitrogen and oxygen atoms in total. The van der Waals surface area contributed by atoms with E-state index in [0.29, 0.717) is 48.6 Å². The maximum absolute atomic E-state index is 14.2. The van der Waals surface area contributed by atoms with Crippen molar-refractivity contribution in [3.05, 3.63) is 74.8 Å². The standard InChI is InChI=1S/C29H34Cl2N6O4/c1-34-27(38)12-11-26(33-34)36-17-22(24-10-9-21(31)16-32-24)23(18-36)28(39)35-13-3-4-25(19-5-7-20(30)8-6-19)37(15-14-35)29(40)41-2/h5,7-12,16,19,22-23,25H,3-4,6,13-15,17-18H2,1-2H3/t19?,22-,23-,25+/m1/s1. The number of allylic oxidation sites excluding steroid dienone is 3. The molecule has 3 aliphatic rings. The molecular weight excluding hydrogens is 567 g/mol. The molecule has 4 atom stereocenters. The summed E-state index contributed by atoms with van der Waals surface area (Å²) in [5.41, 5.74) is 0.576. The average Bonchev–Trinajstić information content (AvgIpc) is 3.40. The minimum Gasteiger partial charge on any atom is -0.453 e. The van der Waals surface area contributed by atoms with Gasteiger partial charge in [0.25, 0.3) is 5.56 Å². The van der Waals surface area contributed by atoms with E-state index >= 15 is 0 Å². The molecule has 0 N–H and O–H groups in total. The fourth-order valence-electron chi connectivity index (χ4n) is 6.10. The molecule has 0 bridgehead atoms. The number of aromatic nitrogens is 3. The molecule has 2 aromatic rings. The Morgan fingerprint density at radius 3 is 2.59 bits per heavy atom. The molecule has 1 aliphatic carbocycles. The summed E-state index contributed by atoms with van der Waals surface area (Å²) in [6, 6.07) is 6.77. The van der Waals surface area contributed by atoms with Crippen LogP contribution in [0.15, 0.2) is 58.5 Å². The molecular formula is C29H34Cl2N6O4. The van der Waals surface area contributed by atoms with Crippen LogP contribution in [0.25, 0.3) is 0 Å². The number of rotatable bonds is 4. The summed E-state index contributed by atoms with van der Waals surface area (Å²) < 4.78 is 6.44. The van der Waals surface area contributed by atoms with Crippen LogP contribution in [0.1, 0.15) is 30.9 Å². The zero-order valence-electron chi connectivity index (χ0n) is 23.2. The van der Waals surface area contributed by atoms with Gasteiger partial charge in [-0.25, -0.2) is 9.48 Å². The van der Waals surface area contributed by atoms with Crippen LogP contribution in [0.4, 0.5) is 10.6 Å². The van der Waals surface area contributed by atoms with Gasteiger partial charge in [0.05, 0.1) is 18.1 Å². The van der Waals surface area contributed by atoms with E-state index in [9.17, 15) is 14.4 Å². The summed E-state index contributed by atoms with van der Waals surface area (Å²) in [7, 11) is 3.00. The van der Waals surface area contributed by atoms with E-state index in [1.54, 1.807) is 30.3 Å². The average molecular weight is 602 g/mol. The van der Waals surface area contributed by atoms with Crippen molar-refractivity contribution < 1.29 is 14.3 Å². The van der Waals surface area contributed by atoms with Crippen molar-refractivity contribution in [2.75, 3.05) is 44.7 Å². The first-order valence-electron chi connectivity index (χ1n) is 13.8. The lowest BCUT2D eigenvalue weighted by molar-refractivity contribution is -0.136. The molecule has 2 aromatic heterocycles. The molecule has 4 heterocycles. The van der Waals surface area contributed by atoms with E-state index in [4.69, 9.17) is 27.9 Å². The molecule has 2 aliphatic heterocycles. The van der Waals surface area contributed by atoms with Crippen molar-refractivity contribution in [3.63, 3.8) is 0 Å². The summed E-state index contributed by atoms with van der Waals surface area (Å²) in [6.07, 6.45) is 9.37. The van der Waals surface area contributed by atoms with Gasteiger partial charge in [0.1, 0.15) is 5.82 Å². The Labute approximate surface area is 249 Å². The van der Waals surface area contributed by atoms with Gasteiger partial charge in [-0.15, -0.1) is 0 Å². The van der Waals surface area contributed by atoms with Crippen molar-refractivity contribution in [1.29, 1.82) is 0 Å². The third-order valence-corrected chi connectivity index (χ3v) is 8.78. The lowest BCUT2D eigenvalue weighted by Gasteiger charge is -2.40. The molecule has 0 radical (unpaired) electrons. The minimum absolute atomic E-state index is 0.00890. The summed E-state index contributed by atoms with van der Waals surface area (Å²) in [6.45, 7) is 2.30. The molecule has 0 spiro atoms. The predicted molar refractivity (Wildman–Crippen MR) is 157 cm³/mol. The maximum atomic E-state index is 14.2. The molecule has 12 heteroatoms. The van der Waals surface area contributed by atoms with Gasteiger partial charge in [0.15, 0.2) is 0 Å². The summed E-state index contributed by atoms with van der Waals surface area (Å²) >= 11 is 12.2. The molecule has 1 unspecified atom stereocenters. The van der Waals surface area contributed by atoms with E-state index in [2.05, 4.69) is 16.2 Å². The highest BCUT2D eigenvalue weighted by Crippen LogP contribution is 2.36. The number of halogens is 2. The summed E-state index contributed by atoms with van der Waals surface area (Å²) in [5.74, 6) is 0.186. The molecule has 0 saturated carbocycles. The maximum Gasteiger partial charge on any atom is 0.409 e. The Balaban J connectivity index is 1.37. The van der Waals surface area contributed by atoms with E-state index in [-0.39, 0.29) is 29.3 Å². The highest BCUT2D eigenvalue weighted by molar-refractivity contribution is 6.31. The number of hydrogen-bond donors (Lipinski definition) is 0. The predicted octanol–water partition coefficient (Wildman–Crippen LogP) is 3.81. The van der Waals surface area contributed by atoms with Crippen LogP contribution in [-0.4, -0.2) is 82.4 Å². The largest absolute Gasteiger partial charge is 0.453 e. The molecule has 2 amide bonds. The van der Waals surface area contributed by atoms with Gasteiger partial charge in [0.2, 0.25) is 5.91 Å². The van der Waals surface area contributed by atoms with Gasteiger partial charge in [-0.2, -0.15) is 5.10 Å². The number of nitrogens with zero attached hydrogens (tertiary/aromatic N) is 6. The SMILES string of the molecule is COC(=O)N1CCN(C(=O)[C@@H]2CN(c3ccc(=O)n(C)n3)C[C@H]2c2ccc(Cl)cn2)CCC[C@H]1C1C=CC(Cl)=CC1. The number of carbonyl (C=O) groups is 2. The second-order valence-electron chi connectivity index (χ2n) is 10.7. The van der Waals surface area contributed by atoms with Crippen LogP contribution >= 0.6 is 23.2 Å². The van der Waals surface area contributed by atoms with Crippen LogP contribution in [0.3, 0.4) is 0 Å². The molecule has 218 valence electrons. The van der Waals surface area contributed by atoms with Crippen molar-refractivity contribution >= 4 is 41.0 Å². The van der Waals surface area contributed by atoms with Gasteiger partial charge in [0, 0.05) is 80.6 Å². The van der Waals surface area contributed by atoms with E-state index in [1.807, 2.05) is 28.0 Å². The molecule has 5 rings (SSSR count). The highest BCUT2D eigenvalue weighted by Gasteiger charge is 2.42. The van der Waals surface area contributed by atoms with Gasteiger partial charge >= 0.3 is 6.09 Å². The number of hydrogen-bond acceptors (Lipinski definition) is 7. The van der Waals surface area contributed by atoms with E-state index in [0.717, 1.165) is 25.0 Å². The minimum atomic E-state index is -0.394. The van der Waals surface area contributed by atoms with Crippen molar-refractivity contribution in [3.8, 4) is 0 Å². The third-order valence-electron chi connectivity index (χ3n) is 8.28. The zero-order valence-corrected chi connectivity index (χ0v) is 24.7. The molecule has 41 heavy (non-hydrogen) atoms. The first-order valence-corrected chi connectivity index (χ1v) is 14.6. The lowest BCUT2D eigenvalue weighted by Crippen LogP contribution is -2.52. The summed E-state index contributed by atoms with van der Waals surface area (Å²) in [4.78, 5) is 49.2. The Kier molecular flexibility index (Phi) is 8.99. The van der Waals surface area contributed by atoms with Gasteiger partial charge in [-0.1, -0.05) is 35.4 Å². The van der Waals surface area contributed by atoms with Gasteiger partial charge in [-0.05, 0) is 43.5 Å². The zero-order chi connectivity index (χ0) is 29.1. The van der Waals surface area contributed by atoms with Crippen molar-refractivity contribution in [2.45, 2.75) is 31.2 Å². The number of ether oxygens (including phenoxy) is 1. The molecule has 2 fully saturated rings. The van der Waals surface area contributed by atoms with Crippen LogP contribution < -0.4 is 10.5 Å². The van der Waals surface area contributed by atoms with Crippen LogP contribution in [0, 0.1) is 11.8 Å². The number of pyridine rings is 1. The third kappa shape index (κ3) is 6.43. The second kappa shape index (κ2) is 12.7. The number of methoxy groups -OCH3 is 1. The topological polar surface area (TPSA) is 101 Å². The fourth-order valence-corrected chi connectivity index (χ4v) is 6.37. The summed E-state index contributed by atoms with van der Waals surface area (Å²) in [5, 5.41) is 5.65. The number of aryl methyl sites for hydroxylation is 1. The first kappa shape index (κ1) is 29.1. The van der Waals surface area contributed by atoms with Crippen molar-refractivity contribution in [1.82, 2.24) is 24.6 Å². The van der Waals surface area contributed by atoms with E-state index in [1.165, 1.54) is 17.9 Å². The van der Waals surface area contributed by atoms with Crippen LogP contribution in [0.5, 0.6) is 0 Å². The first-order chi connectivity index (χ1) is 19.7. The lowest BCUT2D eigenvalue weighted by atomic mass is 9.87.